The van der Waals surface area contributed by atoms with Crippen molar-refractivity contribution in [3.63, 3.8) is 0 Å². The van der Waals surface area contributed by atoms with Crippen LogP contribution in [0.5, 0.6) is 0 Å². The minimum Gasteiger partial charge on any atom is -0.461 e. The Bertz CT molecular complexity index is 410. The van der Waals surface area contributed by atoms with Crippen LogP contribution in [0.3, 0.4) is 0 Å². The summed E-state index contributed by atoms with van der Waals surface area (Å²) >= 11 is 1.69. The summed E-state index contributed by atoms with van der Waals surface area (Å²) < 4.78 is 30.4. The molecule has 0 aliphatic rings. The normalized spacial score (nSPS) is 10.6. The maximum Gasteiger partial charge on any atom is 0.358 e. The van der Waals surface area contributed by atoms with Crippen LogP contribution in [0.25, 0.3) is 0 Å². The molecule has 0 amide bonds. The molecule has 1 heterocycles. The molecule has 1 aromatic heterocycles. The lowest BCUT2D eigenvalue weighted by atomic mass is 10.1. The minimum atomic E-state index is -2.62. The number of esters is 1. The molecule has 0 radical (unpaired) electrons. The molecule has 0 saturated carbocycles. The molecular formula is C10H10F2INO2. The third-order valence-electron chi connectivity index (χ3n) is 1.94. The second-order valence-corrected chi connectivity index (χ2v) is 4.12. The van der Waals surface area contributed by atoms with E-state index in [9.17, 15) is 13.6 Å². The van der Waals surface area contributed by atoms with Gasteiger partial charge in [-0.3, -0.25) is 0 Å². The lowest BCUT2D eigenvalue weighted by molar-refractivity contribution is 0.0517. The maximum absolute atomic E-state index is 12.7. The van der Waals surface area contributed by atoms with Gasteiger partial charge in [0.15, 0.2) is 5.69 Å². The monoisotopic (exact) mass is 341 g/mol. The van der Waals surface area contributed by atoms with Gasteiger partial charge in [-0.15, -0.1) is 0 Å². The molecule has 1 rings (SSSR count). The van der Waals surface area contributed by atoms with Crippen molar-refractivity contribution in [2.75, 3.05) is 6.61 Å². The summed E-state index contributed by atoms with van der Waals surface area (Å²) in [6.45, 7) is 3.37. The second-order valence-electron chi connectivity index (χ2n) is 3.04. The third-order valence-corrected chi connectivity index (χ3v) is 3.04. The molecule has 0 aliphatic carbocycles. The average Bonchev–Trinajstić information content (AvgIpc) is 2.17. The first-order chi connectivity index (χ1) is 7.49. The average molecular weight is 341 g/mol. The van der Waals surface area contributed by atoms with Crippen LogP contribution in [0.15, 0.2) is 6.20 Å². The van der Waals surface area contributed by atoms with E-state index in [1.165, 1.54) is 13.1 Å². The number of alkyl halides is 2. The molecule has 0 atom stereocenters. The highest BCUT2D eigenvalue weighted by Gasteiger charge is 2.22. The third kappa shape index (κ3) is 2.66. The van der Waals surface area contributed by atoms with Crippen molar-refractivity contribution in [1.82, 2.24) is 4.98 Å². The van der Waals surface area contributed by atoms with E-state index in [4.69, 9.17) is 4.74 Å². The van der Waals surface area contributed by atoms with Crippen molar-refractivity contribution in [1.29, 1.82) is 0 Å². The molecule has 0 bridgehead atoms. The Labute approximate surface area is 105 Å². The van der Waals surface area contributed by atoms with Crippen LogP contribution in [-0.2, 0) is 4.74 Å². The van der Waals surface area contributed by atoms with Gasteiger partial charge in [-0.05, 0) is 42.0 Å². The molecule has 16 heavy (non-hydrogen) atoms. The quantitative estimate of drug-likeness (QED) is 0.627. The lowest BCUT2D eigenvalue weighted by Crippen LogP contribution is -2.12. The molecule has 0 aromatic carbocycles. The van der Waals surface area contributed by atoms with Crippen LogP contribution in [0.1, 0.15) is 35.0 Å². The maximum atomic E-state index is 12.7. The molecule has 0 N–H and O–H groups in total. The highest BCUT2D eigenvalue weighted by Crippen LogP contribution is 2.29. The number of halogens is 3. The van der Waals surface area contributed by atoms with Gasteiger partial charge in [0.1, 0.15) is 0 Å². The van der Waals surface area contributed by atoms with E-state index in [1.807, 2.05) is 0 Å². The number of aromatic nitrogens is 1. The predicted octanol–water partition coefficient (Wildman–Crippen LogP) is 3.11. The summed E-state index contributed by atoms with van der Waals surface area (Å²) in [6.07, 6.45) is -1.36. The molecule has 0 saturated heterocycles. The zero-order valence-corrected chi connectivity index (χ0v) is 10.9. The van der Waals surface area contributed by atoms with Crippen LogP contribution >= 0.6 is 22.6 Å². The highest BCUT2D eigenvalue weighted by atomic mass is 127. The Morgan fingerprint density at radius 1 is 1.62 bits per heavy atom. The number of rotatable bonds is 3. The van der Waals surface area contributed by atoms with Crippen LogP contribution in [0, 0.1) is 10.5 Å². The molecule has 0 aliphatic heterocycles. The van der Waals surface area contributed by atoms with Gasteiger partial charge >= 0.3 is 5.97 Å². The summed E-state index contributed by atoms with van der Waals surface area (Å²) in [6, 6.07) is 0. The van der Waals surface area contributed by atoms with E-state index in [2.05, 4.69) is 4.98 Å². The Hall–Kier alpha value is -0.790. The fourth-order valence-electron chi connectivity index (χ4n) is 1.20. The number of carbonyl (C=O) groups is 1. The van der Waals surface area contributed by atoms with Crippen molar-refractivity contribution in [3.05, 3.63) is 26.6 Å². The Kier molecular flexibility index (Phi) is 4.57. The molecule has 0 spiro atoms. The standard InChI is InChI=1S/C10H10F2INO2/c1-3-16-10(15)8-7(13)6(9(11)12)5(2)4-14-8/h4,9H,3H2,1-2H3. The van der Waals surface area contributed by atoms with Gasteiger partial charge < -0.3 is 4.74 Å². The molecule has 1 aromatic rings. The predicted molar refractivity (Wildman–Crippen MR) is 62.6 cm³/mol. The molecule has 0 unspecified atom stereocenters. The first-order valence-electron chi connectivity index (χ1n) is 4.59. The fraction of sp³-hybridized carbons (Fsp3) is 0.400. The van der Waals surface area contributed by atoms with Crippen molar-refractivity contribution in [2.45, 2.75) is 20.3 Å². The molecule has 3 nitrogen and oxygen atoms in total. The highest BCUT2D eigenvalue weighted by molar-refractivity contribution is 14.1. The van der Waals surface area contributed by atoms with Crippen molar-refractivity contribution in [2.24, 2.45) is 0 Å². The van der Waals surface area contributed by atoms with E-state index in [-0.39, 0.29) is 21.4 Å². The Balaban J connectivity index is 3.23. The summed E-state index contributed by atoms with van der Waals surface area (Å²) in [5.74, 6) is -0.672. The van der Waals surface area contributed by atoms with Crippen LogP contribution in [-0.4, -0.2) is 17.6 Å². The smallest absolute Gasteiger partial charge is 0.358 e. The minimum absolute atomic E-state index is 0.0525. The lowest BCUT2D eigenvalue weighted by Gasteiger charge is -2.10. The van der Waals surface area contributed by atoms with Gasteiger partial charge in [0, 0.05) is 11.8 Å². The first kappa shape index (κ1) is 13.3. The van der Waals surface area contributed by atoms with Crippen LogP contribution in [0.2, 0.25) is 0 Å². The summed E-state index contributed by atoms with van der Waals surface area (Å²) in [7, 11) is 0. The number of aryl methyl sites for hydroxylation is 1. The molecular weight excluding hydrogens is 331 g/mol. The largest absolute Gasteiger partial charge is 0.461 e. The SMILES string of the molecule is CCOC(=O)c1ncc(C)c(C(F)F)c1I. The van der Waals surface area contributed by atoms with Gasteiger partial charge in [0.25, 0.3) is 6.43 Å². The second kappa shape index (κ2) is 5.51. The number of pyridine rings is 1. The number of ether oxygens (including phenoxy) is 1. The Morgan fingerprint density at radius 3 is 2.75 bits per heavy atom. The van der Waals surface area contributed by atoms with Gasteiger partial charge in [0.05, 0.1) is 10.2 Å². The number of carbonyl (C=O) groups excluding carboxylic acids is 1. The molecule has 0 fully saturated rings. The van der Waals surface area contributed by atoms with Gasteiger partial charge in [0.2, 0.25) is 0 Å². The fourth-order valence-corrected chi connectivity index (χ4v) is 2.22. The van der Waals surface area contributed by atoms with E-state index >= 15 is 0 Å². The van der Waals surface area contributed by atoms with E-state index in [0.29, 0.717) is 5.56 Å². The summed E-state index contributed by atoms with van der Waals surface area (Å²) in [5.41, 5.74) is 0.162. The van der Waals surface area contributed by atoms with E-state index in [0.717, 1.165) is 0 Å². The van der Waals surface area contributed by atoms with E-state index < -0.39 is 12.4 Å². The van der Waals surface area contributed by atoms with E-state index in [1.54, 1.807) is 29.5 Å². The zero-order chi connectivity index (χ0) is 12.3. The zero-order valence-electron chi connectivity index (χ0n) is 8.76. The molecule has 6 heteroatoms. The van der Waals surface area contributed by atoms with Crippen molar-refractivity contribution >= 4 is 28.6 Å². The van der Waals surface area contributed by atoms with Gasteiger partial charge in [-0.25, -0.2) is 18.6 Å². The van der Waals surface area contributed by atoms with Gasteiger partial charge in [-0.2, -0.15) is 0 Å². The van der Waals surface area contributed by atoms with Crippen molar-refractivity contribution in [3.8, 4) is 0 Å². The number of nitrogens with zero attached hydrogens (tertiary/aromatic N) is 1. The first-order valence-corrected chi connectivity index (χ1v) is 5.67. The number of hydrogen-bond acceptors (Lipinski definition) is 3. The van der Waals surface area contributed by atoms with Gasteiger partial charge in [-0.1, -0.05) is 0 Å². The van der Waals surface area contributed by atoms with Crippen LogP contribution in [0.4, 0.5) is 8.78 Å². The van der Waals surface area contributed by atoms with Crippen LogP contribution < -0.4 is 0 Å². The Morgan fingerprint density at radius 2 is 2.25 bits per heavy atom. The summed E-state index contributed by atoms with van der Waals surface area (Å²) in [4.78, 5) is 15.2. The van der Waals surface area contributed by atoms with Crippen molar-refractivity contribution < 1.29 is 18.3 Å². The molecule has 88 valence electrons. The summed E-state index contributed by atoms with van der Waals surface area (Å²) in [5, 5.41) is 0. The topological polar surface area (TPSA) is 39.2 Å². The number of hydrogen-bond donors (Lipinski definition) is 0.